The van der Waals surface area contributed by atoms with E-state index in [1.54, 1.807) is 18.9 Å². The standard InChI is InChI=1S/C14H22N2O2S/c1-18-10-12-6-4-3-5-11(12)9-16-14(17)13(15)7-8-19-2/h3-6,13H,7-10,15H2,1-2H3,(H,16,17)/t13-/m0/s1. The van der Waals surface area contributed by atoms with Crippen molar-refractivity contribution in [3.63, 3.8) is 0 Å². The number of hydrogen-bond acceptors (Lipinski definition) is 4. The molecule has 0 unspecified atom stereocenters. The van der Waals surface area contributed by atoms with Crippen LogP contribution in [0.1, 0.15) is 17.5 Å². The van der Waals surface area contributed by atoms with Crippen molar-refractivity contribution < 1.29 is 9.53 Å². The van der Waals surface area contributed by atoms with E-state index in [2.05, 4.69) is 5.32 Å². The molecule has 1 atom stereocenters. The molecular weight excluding hydrogens is 260 g/mol. The Morgan fingerprint density at radius 2 is 2.11 bits per heavy atom. The van der Waals surface area contributed by atoms with Gasteiger partial charge in [0.2, 0.25) is 5.91 Å². The zero-order valence-electron chi connectivity index (χ0n) is 11.5. The predicted octanol–water partition coefficient (Wildman–Crippen LogP) is 1.53. The number of nitrogens with one attached hydrogen (secondary N) is 1. The van der Waals surface area contributed by atoms with E-state index >= 15 is 0 Å². The van der Waals surface area contributed by atoms with Crippen LogP contribution in [0.15, 0.2) is 24.3 Å². The Bertz CT molecular complexity index is 399. The van der Waals surface area contributed by atoms with Gasteiger partial charge in [0.25, 0.3) is 0 Å². The maximum Gasteiger partial charge on any atom is 0.237 e. The molecule has 0 heterocycles. The molecule has 0 radical (unpaired) electrons. The third-order valence-electron chi connectivity index (χ3n) is 2.84. The summed E-state index contributed by atoms with van der Waals surface area (Å²) >= 11 is 1.69. The van der Waals surface area contributed by atoms with E-state index in [4.69, 9.17) is 10.5 Å². The number of ether oxygens (including phenoxy) is 1. The van der Waals surface area contributed by atoms with Crippen molar-refractivity contribution in [1.82, 2.24) is 5.32 Å². The lowest BCUT2D eigenvalue weighted by Gasteiger charge is -2.13. The monoisotopic (exact) mass is 282 g/mol. The normalized spacial score (nSPS) is 12.2. The average Bonchev–Trinajstić information content (AvgIpc) is 2.43. The van der Waals surface area contributed by atoms with Crippen LogP contribution >= 0.6 is 11.8 Å². The van der Waals surface area contributed by atoms with Gasteiger partial charge in [0.15, 0.2) is 0 Å². The molecule has 1 aromatic carbocycles. The Morgan fingerprint density at radius 1 is 1.42 bits per heavy atom. The van der Waals surface area contributed by atoms with Crippen LogP contribution in [0.25, 0.3) is 0 Å². The van der Waals surface area contributed by atoms with E-state index < -0.39 is 6.04 Å². The summed E-state index contributed by atoms with van der Waals surface area (Å²) in [4.78, 5) is 11.8. The highest BCUT2D eigenvalue weighted by atomic mass is 32.2. The van der Waals surface area contributed by atoms with Crippen LogP contribution in [0.2, 0.25) is 0 Å². The first kappa shape index (κ1) is 16.0. The number of thioether (sulfide) groups is 1. The van der Waals surface area contributed by atoms with Crippen LogP contribution in [0.3, 0.4) is 0 Å². The van der Waals surface area contributed by atoms with Crippen molar-refractivity contribution in [2.75, 3.05) is 19.1 Å². The van der Waals surface area contributed by atoms with Crippen LogP contribution in [-0.2, 0) is 22.7 Å². The molecule has 0 bridgehead atoms. The highest BCUT2D eigenvalue weighted by Gasteiger charge is 2.12. The van der Waals surface area contributed by atoms with Crippen molar-refractivity contribution in [3.8, 4) is 0 Å². The Kier molecular flexibility index (Phi) is 7.55. The van der Waals surface area contributed by atoms with Crippen molar-refractivity contribution in [1.29, 1.82) is 0 Å². The fourth-order valence-electron chi connectivity index (χ4n) is 1.72. The maximum absolute atomic E-state index is 11.8. The fraction of sp³-hybridized carbons (Fsp3) is 0.500. The number of methoxy groups -OCH3 is 1. The van der Waals surface area contributed by atoms with Gasteiger partial charge in [-0.3, -0.25) is 4.79 Å². The number of carbonyl (C=O) groups is 1. The Morgan fingerprint density at radius 3 is 2.74 bits per heavy atom. The van der Waals surface area contributed by atoms with Crippen LogP contribution < -0.4 is 11.1 Å². The van der Waals surface area contributed by atoms with Gasteiger partial charge in [0.05, 0.1) is 12.6 Å². The summed E-state index contributed by atoms with van der Waals surface area (Å²) < 4.78 is 5.14. The predicted molar refractivity (Wildman–Crippen MR) is 80.0 cm³/mol. The second-order valence-corrected chi connectivity index (χ2v) is 5.29. The van der Waals surface area contributed by atoms with Crippen LogP contribution in [0.4, 0.5) is 0 Å². The lowest BCUT2D eigenvalue weighted by Crippen LogP contribution is -2.40. The largest absolute Gasteiger partial charge is 0.380 e. The smallest absolute Gasteiger partial charge is 0.237 e. The summed E-state index contributed by atoms with van der Waals surface area (Å²) in [5.41, 5.74) is 7.96. The van der Waals surface area contributed by atoms with Crippen molar-refractivity contribution >= 4 is 17.7 Å². The molecule has 0 saturated heterocycles. The first-order valence-corrected chi connectivity index (χ1v) is 7.66. The first-order valence-electron chi connectivity index (χ1n) is 6.27. The first-order chi connectivity index (χ1) is 9.19. The molecule has 0 aliphatic rings. The second-order valence-electron chi connectivity index (χ2n) is 4.31. The van der Waals surface area contributed by atoms with E-state index in [0.29, 0.717) is 19.6 Å². The van der Waals surface area contributed by atoms with Crippen LogP contribution in [0, 0.1) is 0 Å². The van der Waals surface area contributed by atoms with Gasteiger partial charge in [0, 0.05) is 13.7 Å². The van der Waals surface area contributed by atoms with Gasteiger partial charge in [-0.2, -0.15) is 11.8 Å². The van der Waals surface area contributed by atoms with E-state index in [-0.39, 0.29) is 5.91 Å². The molecule has 3 N–H and O–H groups in total. The number of amides is 1. The van der Waals surface area contributed by atoms with E-state index in [0.717, 1.165) is 16.9 Å². The Balaban J connectivity index is 2.49. The molecule has 1 rings (SSSR count). The van der Waals surface area contributed by atoms with Crippen LogP contribution in [-0.4, -0.2) is 31.1 Å². The summed E-state index contributed by atoms with van der Waals surface area (Å²) in [7, 11) is 1.66. The number of carbonyl (C=O) groups excluding carboxylic acids is 1. The molecule has 106 valence electrons. The zero-order valence-corrected chi connectivity index (χ0v) is 12.3. The molecule has 1 amide bonds. The summed E-state index contributed by atoms with van der Waals surface area (Å²) in [6, 6.07) is 7.47. The van der Waals surface area contributed by atoms with E-state index in [1.165, 1.54) is 0 Å². The van der Waals surface area contributed by atoms with Gasteiger partial charge < -0.3 is 15.8 Å². The third kappa shape index (κ3) is 5.63. The van der Waals surface area contributed by atoms with Crippen molar-refractivity contribution in [2.45, 2.75) is 25.6 Å². The molecule has 0 aliphatic carbocycles. The SMILES string of the molecule is COCc1ccccc1CNC(=O)[C@@H](N)CCSC. The topological polar surface area (TPSA) is 64.3 Å². The molecular formula is C14H22N2O2S. The maximum atomic E-state index is 11.8. The van der Waals surface area contributed by atoms with Crippen molar-refractivity contribution in [2.24, 2.45) is 5.73 Å². The third-order valence-corrected chi connectivity index (χ3v) is 3.48. The molecule has 0 aromatic heterocycles. The molecule has 0 fully saturated rings. The fourth-order valence-corrected chi connectivity index (χ4v) is 2.21. The Labute approximate surface area is 119 Å². The number of nitrogens with two attached hydrogens (primary N) is 1. The van der Waals surface area contributed by atoms with Gasteiger partial charge in [-0.25, -0.2) is 0 Å². The Hall–Kier alpha value is -1.04. The second kappa shape index (κ2) is 8.96. The number of benzene rings is 1. The van der Waals surface area contributed by atoms with Gasteiger partial charge in [-0.1, -0.05) is 24.3 Å². The molecule has 1 aromatic rings. The van der Waals surface area contributed by atoms with Crippen molar-refractivity contribution in [3.05, 3.63) is 35.4 Å². The van der Waals surface area contributed by atoms with E-state index in [9.17, 15) is 4.79 Å². The number of rotatable bonds is 8. The molecule has 0 spiro atoms. The minimum Gasteiger partial charge on any atom is -0.380 e. The molecule has 0 aliphatic heterocycles. The summed E-state index contributed by atoms with van der Waals surface area (Å²) in [5, 5.41) is 2.88. The minimum atomic E-state index is -0.429. The van der Waals surface area contributed by atoms with E-state index in [1.807, 2.05) is 30.5 Å². The van der Waals surface area contributed by atoms with Gasteiger partial charge in [-0.15, -0.1) is 0 Å². The molecule has 5 heteroatoms. The highest BCUT2D eigenvalue weighted by Crippen LogP contribution is 2.09. The zero-order chi connectivity index (χ0) is 14.1. The lowest BCUT2D eigenvalue weighted by molar-refractivity contribution is -0.122. The van der Waals surface area contributed by atoms with Gasteiger partial charge in [-0.05, 0) is 29.6 Å². The summed E-state index contributed by atoms with van der Waals surface area (Å²) in [6.07, 6.45) is 2.71. The molecule has 4 nitrogen and oxygen atoms in total. The van der Waals surface area contributed by atoms with Crippen LogP contribution in [0.5, 0.6) is 0 Å². The van der Waals surface area contributed by atoms with Gasteiger partial charge in [0.1, 0.15) is 0 Å². The van der Waals surface area contributed by atoms with Gasteiger partial charge >= 0.3 is 0 Å². The number of hydrogen-bond donors (Lipinski definition) is 2. The average molecular weight is 282 g/mol. The molecule has 19 heavy (non-hydrogen) atoms. The minimum absolute atomic E-state index is 0.0960. The quantitative estimate of drug-likeness (QED) is 0.759. The highest BCUT2D eigenvalue weighted by molar-refractivity contribution is 7.98. The molecule has 0 saturated carbocycles. The summed E-state index contributed by atoms with van der Waals surface area (Å²) in [6.45, 7) is 1.04. The lowest BCUT2D eigenvalue weighted by atomic mass is 10.1. The summed E-state index contributed by atoms with van der Waals surface area (Å²) in [5.74, 6) is 0.802.